The monoisotopic (exact) mass is 259 g/mol. The topological polar surface area (TPSA) is 40.5 Å². The second kappa shape index (κ2) is 5.91. The maximum absolute atomic E-state index is 10.5. The second-order valence-electron chi connectivity index (χ2n) is 5.45. The Bertz CT molecular complexity index is 464. The molecule has 2 rings (SSSR count). The Morgan fingerprint density at radius 3 is 2.58 bits per heavy atom. The molecule has 102 valence electrons. The van der Waals surface area contributed by atoms with Gasteiger partial charge in [-0.2, -0.15) is 0 Å². The van der Waals surface area contributed by atoms with Gasteiger partial charge in [0, 0.05) is 24.4 Å². The number of hydrogen-bond donors (Lipinski definition) is 1. The van der Waals surface area contributed by atoms with Crippen LogP contribution in [0.3, 0.4) is 0 Å². The minimum Gasteiger partial charge on any atom is -0.478 e. The summed E-state index contributed by atoms with van der Waals surface area (Å²) in [5.41, 5.74) is 2.15. The molecule has 1 heterocycles. The van der Waals surface area contributed by atoms with Crippen molar-refractivity contribution in [3.8, 4) is 0 Å². The molecule has 0 bridgehead atoms. The molecule has 0 amide bonds. The first-order chi connectivity index (χ1) is 9.06. The Hall–Kier alpha value is -1.77. The minimum absolute atomic E-state index is 0.580. The minimum atomic E-state index is -0.914. The molecular weight excluding hydrogens is 238 g/mol. The van der Waals surface area contributed by atoms with Gasteiger partial charge < -0.3 is 10.0 Å². The van der Waals surface area contributed by atoms with Gasteiger partial charge in [-0.15, -0.1) is 0 Å². The summed E-state index contributed by atoms with van der Waals surface area (Å²) in [6, 6.07) is 8.69. The van der Waals surface area contributed by atoms with E-state index in [0.29, 0.717) is 6.04 Å². The van der Waals surface area contributed by atoms with Gasteiger partial charge in [-0.1, -0.05) is 19.1 Å². The van der Waals surface area contributed by atoms with Crippen molar-refractivity contribution in [1.82, 2.24) is 0 Å². The molecule has 0 aromatic heterocycles. The third-order valence-corrected chi connectivity index (χ3v) is 3.76. The lowest BCUT2D eigenvalue weighted by atomic mass is 9.94. The van der Waals surface area contributed by atoms with Gasteiger partial charge in [-0.05, 0) is 49.5 Å². The first kappa shape index (κ1) is 13.7. The fraction of sp³-hybridized carbons (Fsp3) is 0.438. The van der Waals surface area contributed by atoms with E-state index in [9.17, 15) is 4.79 Å². The zero-order chi connectivity index (χ0) is 13.8. The summed E-state index contributed by atoms with van der Waals surface area (Å²) >= 11 is 0. The van der Waals surface area contributed by atoms with Crippen LogP contribution < -0.4 is 4.90 Å². The fourth-order valence-electron chi connectivity index (χ4n) is 2.59. The lowest BCUT2D eigenvalue weighted by Crippen LogP contribution is -2.41. The molecule has 19 heavy (non-hydrogen) atoms. The molecule has 1 saturated heterocycles. The van der Waals surface area contributed by atoms with Crippen LogP contribution >= 0.6 is 0 Å². The van der Waals surface area contributed by atoms with Crippen LogP contribution in [-0.4, -0.2) is 23.7 Å². The van der Waals surface area contributed by atoms with E-state index in [0.717, 1.165) is 18.0 Å². The summed E-state index contributed by atoms with van der Waals surface area (Å²) < 4.78 is 0. The van der Waals surface area contributed by atoms with E-state index in [1.807, 2.05) is 12.1 Å². The molecule has 1 aromatic carbocycles. The zero-order valence-electron chi connectivity index (χ0n) is 11.5. The molecule has 0 saturated carbocycles. The van der Waals surface area contributed by atoms with Crippen molar-refractivity contribution in [1.29, 1.82) is 0 Å². The van der Waals surface area contributed by atoms with Crippen LogP contribution in [-0.2, 0) is 4.79 Å². The molecule has 0 radical (unpaired) electrons. The van der Waals surface area contributed by atoms with E-state index < -0.39 is 5.97 Å². The second-order valence-corrected chi connectivity index (χ2v) is 5.45. The van der Waals surface area contributed by atoms with Crippen LogP contribution in [0.2, 0.25) is 0 Å². The van der Waals surface area contributed by atoms with E-state index >= 15 is 0 Å². The number of anilines is 1. The summed E-state index contributed by atoms with van der Waals surface area (Å²) in [7, 11) is 0. The van der Waals surface area contributed by atoms with Gasteiger partial charge in [0.25, 0.3) is 0 Å². The highest BCUT2D eigenvalue weighted by molar-refractivity contribution is 5.85. The van der Waals surface area contributed by atoms with Gasteiger partial charge in [0.1, 0.15) is 0 Å². The molecule has 2 unspecified atom stereocenters. The van der Waals surface area contributed by atoms with Crippen molar-refractivity contribution in [2.24, 2.45) is 5.92 Å². The first-order valence-electron chi connectivity index (χ1n) is 6.84. The average molecular weight is 259 g/mol. The van der Waals surface area contributed by atoms with Crippen molar-refractivity contribution >= 4 is 17.7 Å². The van der Waals surface area contributed by atoms with Crippen LogP contribution in [0.15, 0.2) is 30.3 Å². The number of nitrogens with zero attached hydrogens (tertiary/aromatic N) is 1. The Morgan fingerprint density at radius 1 is 1.26 bits per heavy atom. The summed E-state index contributed by atoms with van der Waals surface area (Å²) in [6.07, 6.45) is 5.33. The number of hydrogen-bond acceptors (Lipinski definition) is 2. The normalized spacial score (nSPS) is 23.8. The number of benzene rings is 1. The van der Waals surface area contributed by atoms with Crippen molar-refractivity contribution in [2.75, 3.05) is 11.4 Å². The van der Waals surface area contributed by atoms with Crippen molar-refractivity contribution in [2.45, 2.75) is 32.7 Å². The van der Waals surface area contributed by atoms with Crippen molar-refractivity contribution < 1.29 is 9.90 Å². The summed E-state index contributed by atoms with van der Waals surface area (Å²) in [4.78, 5) is 12.9. The van der Waals surface area contributed by atoms with E-state index in [1.54, 1.807) is 6.08 Å². The molecule has 0 aliphatic carbocycles. The number of carboxylic acid groups (broad SMARTS) is 1. The Labute approximate surface area is 114 Å². The highest BCUT2D eigenvalue weighted by Crippen LogP contribution is 2.27. The van der Waals surface area contributed by atoms with E-state index in [4.69, 9.17) is 5.11 Å². The molecule has 1 aliphatic rings. The molecule has 1 aromatic rings. The Balaban J connectivity index is 2.11. The summed E-state index contributed by atoms with van der Waals surface area (Å²) in [5.74, 6) is -0.176. The number of aliphatic carboxylic acids is 1. The standard InChI is InChI=1S/C16H21NO2/c1-12-3-4-13(2)17(11-12)15-8-5-14(6-9-15)7-10-16(18)19/h5-10,12-13H,3-4,11H2,1-2H3,(H,18,19). The fourth-order valence-corrected chi connectivity index (χ4v) is 2.59. The maximum atomic E-state index is 10.5. The molecule has 1 fully saturated rings. The van der Waals surface area contributed by atoms with Crippen molar-refractivity contribution in [3.05, 3.63) is 35.9 Å². The van der Waals surface area contributed by atoms with Gasteiger partial charge in [-0.25, -0.2) is 4.79 Å². The average Bonchev–Trinajstić information content (AvgIpc) is 2.40. The largest absolute Gasteiger partial charge is 0.478 e. The van der Waals surface area contributed by atoms with Crippen LogP contribution in [0.25, 0.3) is 6.08 Å². The predicted octanol–water partition coefficient (Wildman–Crippen LogP) is 3.41. The smallest absolute Gasteiger partial charge is 0.328 e. The van der Waals surface area contributed by atoms with E-state index in [2.05, 4.69) is 30.9 Å². The van der Waals surface area contributed by atoms with Gasteiger partial charge in [-0.3, -0.25) is 0 Å². The highest BCUT2D eigenvalue weighted by Gasteiger charge is 2.22. The van der Waals surface area contributed by atoms with Crippen LogP contribution in [0.1, 0.15) is 32.3 Å². The van der Waals surface area contributed by atoms with Crippen LogP contribution in [0.4, 0.5) is 5.69 Å². The van der Waals surface area contributed by atoms with E-state index in [-0.39, 0.29) is 0 Å². The number of rotatable bonds is 3. The molecule has 2 atom stereocenters. The van der Waals surface area contributed by atoms with E-state index in [1.165, 1.54) is 24.6 Å². The first-order valence-corrected chi connectivity index (χ1v) is 6.84. The van der Waals surface area contributed by atoms with Gasteiger partial charge in [0.05, 0.1) is 0 Å². The van der Waals surface area contributed by atoms with Gasteiger partial charge >= 0.3 is 5.97 Å². The predicted molar refractivity (Wildman–Crippen MR) is 78.3 cm³/mol. The third-order valence-electron chi connectivity index (χ3n) is 3.76. The highest BCUT2D eigenvalue weighted by atomic mass is 16.4. The van der Waals surface area contributed by atoms with Crippen molar-refractivity contribution in [3.63, 3.8) is 0 Å². The van der Waals surface area contributed by atoms with Crippen LogP contribution in [0.5, 0.6) is 0 Å². The summed E-state index contributed by atoms with van der Waals surface area (Å²) in [5, 5.41) is 8.60. The number of piperidine rings is 1. The van der Waals surface area contributed by atoms with Crippen LogP contribution in [0, 0.1) is 5.92 Å². The molecule has 3 heteroatoms. The number of carboxylic acids is 1. The number of carbonyl (C=O) groups is 1. The van der Waals surface area contributed by atoms with Gasteiger partial charge in [0.15, 0.2) is 0 Å². The Morgan fingerprint density at radius 2 is 1.95 bits per heavy atom. The molecule has 0 spiro atoms. The molecule has 1 N–H and O–H groups in total. The molecule has 3 nitrogen and oxygen atoms in total. The Kier molecular flexibility index (Phi) is 4.25. The SMILES string of the molecule is CC1CCC(C)N(c2ccc(C=CC(=O)O)cc2)C1. The third kappa shape index (κ3) is 3.60. The maximum Gasteiger partial charge on any atom is 0.328 e. The zero-order valence-corrected chi connectivity index (χ0v) is 11.5. The lowest BCUT2D eigenvalue weighted by Gasteiger charge is -2.38. The lowest BCUT2D eigenvalue weighted by molar-refractivity contribution is -0.131. The summed E-state index contributed by atoms with van der Waals surface area (Å²) in [6.45, 7) is 5.67. The quantitative estimate of drug-likeness (QED) is 0.846. The molecule has 1 aliphatic heterocycles. The molecular formula is C16H21NO2. The van der Waals surface area contributed by atoms with Gasteiger partial charge in [0.2, 0.25) is 0 Å².